The molecular formula is C16H12Li2O2. The second kappa shape index (κ2) is 6.17. The molecule has 0 amide bonds. The van der Waals surface area contributed by atoms with Gasteiger partial charge in [-0.3, -0.25) is 0 Å². The molecule has 0 aliphatic carbocycles. The van der Waals surface area contributed by atoms with Crippen molar-refractivity contribution in [3.63, 3.8) is 0 Å². The minimum Gasteiger partial charge on any atom is -0.554 e. The van der Waals surface area contributed by atoms with E-state index < -0.39 is 5.97 Å². The Morgan fingerprint density at radius 2 is 1.30 bits per heavy atom. The minimum absolute atomic E-state index is 0. The van der Waals surface area contributed by atoms with Gasteiger partial charge in [0.1, 0.15) is 0 Å². The van der Waals surface area contributed by atoms with Crippen molar-refractivity contribution in [1.29, 1.82) is 0 Å². The van der Waals surface area contributed by atoms with Crippen LogP contribution < -0.4 is 42.8 Å². The van der Waals surface area contributed by atoms with Crippen molar-refractivity contribution in [2.45, 2.75) is 13.8 Å². The molecule has 0 N–H and O–H groups in total. The molecule has 20 heavy (non-hydrogen) atoms. The quantitative estimate of drug-likeness (QED) is 0.335. The van der Waals surface area contributed by atoms with Crippen LogP contribution in [0.3, 0.4) is 0 Å². The molecular weight excluding hydrogens is 238 g/mol. The topological polar surface area (TPSA) is 40.1 Å². The summed E-state index contributed by atoms with van der Waals surface area (Å²) in [4.78, 5) is 11.4. The third-order valence-electron chi connectivity index (χ3n) is 3.38. The Hall–Kier alpha value is -1.03. The Balaban J connectivity index is 0.000001000. The second-order valence-corrected chi connectivity index (χ2v) is 4.76. The van der Waals surface area contributed by atoms with E-state index in [1.165, 1.54) is 0 Å². The molecule has 0 atom stereocenters. The first-order chi connectivity index (χ1) is 8.58. The number of hydrogen-bond donors (Lipinski definition) is 0. The van der Waals surface area contributed by atoms with Crippen LogP contribution in [-0.4, -0.2) is 5.97 Å². The summed E-state index contributed by atoms with van der Waals surface area (Å²) < 4.78 is 0. The molecule has 0 unspecified atom stereocenters. The van der Waals surface area contributed by atoms with Crippen molar-refractivity contribution in [1.82, 2.24) is 0 Å². The van der Waals surface area contributed by atoms with Gasteiger partial charge in [0.2, 0.25) is 0 Å². The molecule has 0 radical (unpaired) electrons. The van der Waals surface area contributed by atoms with Crippen molar-refractivity contribution in [2.24, 2.45) is 0 Å². The number of carboxylic acids is 1. The zero-order chi connectivity index (χ0) is 12.9. The average molecular weight is 250 g/mol. The van der Waals surface area contributed by atoms with Gasteiger partial charge in [0, 0.05) is 5.97 Å². The largest absolute Gasteiger partial charge is 1.00 e. The fourth-order valence-corrected chi connectivity index (χ4v) is 2.56. The van der Waals surface area contributed by atoms with Crippen LogP contribution in [-0.2, 0) is 0 Å². The molecule has 0 heterocycles. The molecule has 0 fully saturated rings. The van der Waals surface area contributed by atoms with Gasteiger partial charge in [0.05, 0.1) is 0 Å². The van der Waals surface area contributed by atoms with Gasteiger partial charge in [-0.15, -0.1) is 33.7 Å². The molecule has 0 saturated heterocycles. The molecule has 0 saturated carbocycles. The maximum absolute atomic E-state index is 11.4. The van der Waals surface area contributed by atoms with E-state index in [9.17, 15) is 9.90 Å². The maximum Gasteiger partial charge on any atom is 1.00 e. The van der Waals surface area contributed by atoms with E-state index >= 15 is 0 Å². The number of rotatable bonds is 1. The molecule has 4 heteroatoms. The first-order valence-electron chi connectivity index (χ1n) is 5.88. The van der Waals surface area contributed by atoms with Crippen LogP contribution in [0.25, 0.3) is 21.5 Å². The zero-order valence-electron chi connectivity index (χ0n) is 12.3. The fraction of sp³-hybridized carbons (Fsp3) is 0.125. The van der Waals surface area contributed by atoms with E-state index in [0.717, 1.165) is 32.7 Å². The fourth-order valence-electron chi connectivity index (χ4n) is 2.56. The molecule has 90 valence electrons. The normalized spacial score (nSPS) is 10.1. The van der Waals surface area contributed by atoms with Gasteiger partial charge in [-0.25, -0.2) is 0 Å². The smallest absolute Gasteiger partial charge is 0.554 e. The summed E-state index contributed by atoms with van der Waals surface area (Å²) in [6.07, 6.45) is 0. The van der Waals surface area contributed by atoms with Crippen LogP contribution in [0.5, 0.6) is 0 Å². The first-order valence-corrected chi connectivity index (χ1v) is 5.88. The summed E-state index contributed by atoms with van der Waals surface area (Å²) in [7, 11) is 0. The van der Waals surface area contributed by atoms with Gasteiger partial charge in [0.15, 0.2) is 0 Å². The molecule has 0 aromatic heterocycles. The van der Waals surface area contributed by atoms with Crippen molar-refractivity contribution in [3.05, 3.63) is 53.1 Å². The van der Waals surface area contributed by atoms with Crippen LogP contribution in [0.15, 0.2) is 36.4 Å². The zero-order valence-corrected chi connectivity index (χ0v) is 12.3. The van der Waals surface area contributed by atoms with Crippen LogP contribution in [0.1, 0.15) is 21.5 Å². The van der Waals surface area contributed by atoms with Crippen LogP contribution >= 0.6 is 0 Å². The predicted octanol–water partition coefficient (Wildman–Crippen LogP) is -3.30. The maximum atomic E-state index is 11.4. The summed E-state index contributed by atoms with van der Waals surface area (Å²) in [5, 5.41) is 14.9. The van der Waals surface area contributed by atoms with Gasteiger partial charge >= 0.3 is 37.7 Å². The summed E-state index contributed by atoms with van der Waals surface area (Å²) in [6, 6.07) is 11.8. The van der Waals surface area contributed by atoms with Gasteiger partial charge in [-0.05, 0) is 13.8 Å². The number of hydrogen-bond acceptors (Lipinski definition) is 2. The third kappa shape index (κ3) is 2.58. The third-order valence-corrected chi connectivity index (χ3v) is 3.38. The Labute approximate surface area is 141 Å². The number of carbonyl (C=O) groups is 1. The average Bonchev–Trinajstić information content (AvgIpc) is 2.60. The van der Waals surface area contributed by atoms with Crippen molar-refractivity contribution in [3.8, 4) is 0 Å². The van der Waals surface area contributed by atoms with Gasteiger partial charge in [-0.1, -0.05) is 41.0 Å². The molecule has 0 aliphatic heterocycles. The molecule has 3 aromatic rings. The Kier molecular flexibility index (Phi) is 5.25. The van der Waals surface area contributed by atoms with Crippen molar-refractivity contribution >= 4 is 27.5 Å². The minimum atomic E-state index is -1.11. The number of benzene rings is 2. The Morgan fingerprint density at radius 1 is 0.900 bits per heavy atom. The molecule has 0 aliphatic rings. The molecule has 2 nitrogen and oxygen atoms in total. The number of aromatic carboxylic acids is 1. The number of aryl methyl sites for hydroxylation is 2. The number of carbonyl (C=O) groups excluding carboxylic acids is 1. The summed E-state index contributed by atoms with van der Waals surface area (Å²) in [5.74, 6) is -1.11. The summed E-state index contributed by atoms with van der Waals surface area (Å²) in [6.45, 7) is 3.92. The van der Waals surface area contributed by atoms with Crippen LogP contribution in [0.2, 0.25) is 0 Å². The molecule has 3 rings (SSSR count). The number of fused-ring (bicyclic) bond motifs is 3. The molecule has 0 bridgehead atoms. The SMILES string of the molecule is Cc1ccc2c3ccc(C)cc3[c-](C(=O)[O-])c2c1.[Li+].[Li+]. The predicted molar refractivity (Wildman–Crippen MR) is 70.9 cm³/mol. The molecule has 0 spiro atoms. The second-order valence-electron chi connectivity index (χ2n) is 4.76. The van der Waals surface area contributed by atoms with Crippen LogP contribution in [0, 0.1) is 13.8 Å². The van der Waals surface area contributed by atoms with Crippen LogP contribution in [0.4, 0.5) is 0 Å². The monoisotopic (exact) mass is 250 g/mol. The van der Waals surface area contributed by atoms with Gasteiger partial charge in [-0.2, -0.15) is 0 Å². The van der Waals surface area contributed by atoms with Gasteiger partial charge in [0.25, 0.3) is 0 Å². The molecule has 3 aromatic carbocycles. The van der Waals surface area contributed by atoms with E-state index in [0.29, 0.717) is 5.56 Å². The Morgan fingerprint density at radius 3 is 1.65 bits per heavy atom. The summed E-state index contributed by atoms with van der Waals surface area (Å²) in [5.41, 5.74) is 2.42. The van der Waals surface area contributed by atoms with Gasteiger partial charge < -0.3 is 9.90 Å². The van der Waals surface area contributed by atoms with Crippen molar-refractivity contribution in [2.75, 3.05) is 0 Å². The summed E-state index contributed by atoms with van der Waals surface area (Å²) >= 11 is 0. The van der Waals surface area contributed by atoms with E-state index in [4.69, 9.17) is 0 Å². The first kappa shape index (κ1) is 17.0. The van der Waals surface area contributed by atoms with Crippen molar-refractivity contribution < 1.29 is 47.6 Å². The van der Waals surface area contributed by atoms with E-state index in [2.05, 4.69) is 0 Å². The Bertz CT molecular complexity index is 729. The van der Waals surface area contributed by atoms with E-state index in [1.807, 2.05) is 50.2 Å². The van der Waals surface area contributed by atoms with E-state index in [-0.39, 0.29) is 37.7 Å². The van der Waals surface area contributed by atoms with E-state index in [1.54, 1.807) is 0 Å². The standard InChI is InChI=1S/C16H13O2.2Li/c1-9-3-5-11-12-6-4-10(2)8-14(12)15(16(17)18)13(11)7-9;;/h3-8H,1-2H3,(H,17,18);;/q-1;2*+1/p-1. The number of carboxylic acid groups (broad SMARTS) is 1.